The first kappa shape index (κ1) is 21.4. The molecule has 3 amide bonds. The maximum absolute atomic E-state index is 13.8. The van der Waals surface area contributed by atoms with Crippen LogP contribution in [0.1, 0.15) is 33.2 Å². The fourth-order valence-electron chi connectivity index (χ4n) is 5.19. The number of rotatable bonds is 3. The van der Waals surface area contributed by atoms with E-state index in [-0.39, 0.29) is 5.91 Å². The molecule has 174 valence electrons. The van der Waals surface area contributed by atoms with Crippen LogP contribution in [0.25, 0.3) is 10.9 Å². The number of aromatic amines is 1. The number of H-pyrrole nitrogens is 1. The first-order valence-electron chi connectivity index (χ1n) is 11.2. The molecular weight excluding hydrogens is 466 g/mol. The second-order valence-corrected chi connectivity index (χ2v) is 9.08. The number of ether oxygens (including phenoxy) is 1. The first-order chi connectivity index (χ1) is 17.0. The lowest BCUT2D eigenvalue weighted by molar-refractivity contribution is -0.120. The van der Waals surface area contributed by atoms with E-state index in [0.29, 0.717) is 22.7 Å². The number of anilines is 1. The summed E-state index contributed by atoms with van der Waals surface area (Å²) in [4.78, 5) is 45.7. The summed E-state index contributed by atoms with van der Waals surface area (Å²) in [5.74, 6) is -0.728. The second kappa shape index (κ2) is 7.99. The number of methoxy groups -OCH3 is 1. The van der Waals surface area contributed by atoms with Crippen LogP contribution in [-0.4, -0.2) is 40.9 Å². The number of nitrogens with zero attached hydrogens (tertiary/aromatic N) is 2. The van der Waals surface area contributed by atoms with Crippen molar-refractivity contribution in [3.05, 3.63) is 100 Å². The fraction of sp³-hybridized carbons (Fsp3) is 0.148. The molecule has 0 aliphatic carbocycles. The molecule has 3 heterocycles. The minimum atomic E-state index is -0.668. The van der Waals surface area contributed by atoms with Crippen LogP contribution >= 0.6 is 11.6 Å². The van der Waals surface area contributed by atoms with Crippen molar-refractivity contribution >= 4 is 46.1 Å². The molecule has 0 spiro atoms. The number of carbonyl (C=O) groups excluding carboxylic acids is 3. The minimum absolute atomic E-state index is 0.288. The van der Waals surface area contributed by atoms with Crippen LogP contribution in [0.15, 0.2) is 72.8 Å². The van der Waals surface area contributed by atoms with E-state index in [1.54, 1.807) is 53.4 Å². The third-order valence-corrected chi connectivity index (χ3v) is 7.00. The molecule has 8 heteroatoms. The maximum Gasteiger partial charge on any atom is 0.337 e. The van der Waals surface area contributed by atoms with Gasteiger partial charge >= 0.3 is 12.0 Å². The van der Waals surface area contributed by atoms with Gasteiger partial charge in [0, 0.05) is 28.0 Å². The van der Waals surface area contributed by atoms with Crippen molar-refractivity contribution in [3.8, 4) is 0 Å². The van der Waals surface area contributed by atoms with Gasteiger partial charge in [-0.05, 0) is 47.5 Å². The van der Waals surface area contributed by atoms with Gasteiger partial charge in [0.25, 0.3) is 5.91 Å². The van der Waals surface area contributed by atoms with E-state index in [1.165, 1.54) is 12.0 Å². The predicted molar refractivity (Wildman–Crippen MR) is 132 cm³/mol. The number of fused-ring (bicyclic) bond motifs is 4. The Kier molecular flexibility index (Phi) is 4.89. The van der Waals surface area contributed by atoms with Crippen molar-refractivity contribution in [3.63, 3.8) is 0 Å². The lowest BCUT2D eigenvalue weighted by Crippen LogP contribution is -2.44. The molecule has 0 bridgehead atoms. The van der Waals surface area contributed by atoms with E-state index in [2.05, 4.69) is 4.98 Å². The summed E-state index contributed by atoms with van der Waals surface area (Å²) in [7, 11) is 1.33. The van der Waals surface area contributed by atoms with Crippen molar-refractivity contribution in [2.24, 2.45) is 0 Å². The van der Waals surface area contributed by atoms with E-state index >= 15 is 0 Å². The zero-order chi connectivity index (χ0) is 24.3. The van der Waals surface area contributed by atoms with Gasteiger partial charge in [-0.2, -0.15) is 0 Å². The number of halogens is 1. The lowest BCUT2D eigenvalue weighted by Gasteiger charge is -2.36. The largest absolute Gasteiger partial charge is 0.465 e. The number of esters is 1. The molecule has 7 nitrogen and oxygen atoms in total. The Hall–Kier alpha value is -4.10. The molecule has 2 atom stereocenters. The topological polar surface area (TPSA) is 82.7 Å². The zero-order valence-electron chi connectivity index (χ0n) is 18.7. The average Bonchev–Trinajstić information content (AvgIpc) is 3.37. The fourth-order valence-corrected chi connectivity index (χ4v) is 5.38. The van der Waals surface area contributed by atoms with Gasteiger partial charge in [0.05, 0.1) is 18.4 Å². The monoisotopic (exact) mass is 485 g/mol. The molecule has 4 aromatic rings. The van der Waals surface area contributed by atoms with Gasteiger partial charge in [0.15, 0.2) is 0 Å². The molecule has 2 aliphatic heterocycles. The Balaban J connectivity index is 1.52. The number of hydrogen-bond donors (Lipinski definition) is 1. The Labute approximate surface area is 205 Å². The van der Waals surface area contributed by atoms with E-state index in [0.717, 1.165) is 27.7 Å². The highest BCUT2D eigenvalue weighted by Gasteiger charge is 2.53. The van der Waals surface area contributed by atoms with Crippen molar-refractivity contribution in [1.29, 1.82) is 0 Å². The van der Waals surface area contributed by atoms with Gasteiger partial charge in [-0.25, -0.2) is 14.5 Å². The van der Waals surface area contributed by atoms with Crippen LogP contribution in [0.3, 0.4) is 0 Å². The minimum Gasteiger partial charge on any atom is -0.465 e. The Morgan fingerprint density at radius 3 is 2.54 bits per heavy atom. The number of aromatic nitrogens is 1. The van der Waals surface area contributed by atoms with Gasteiger partial charge in [0.1, 0.15) is 12.1 Å². The quantitative estimate of drug-likeness (QED) is 0.323. The number of imide groups is 1. The molecule has 35 heavy (non-hydrogen) atoms. The highest BCUT2D eigenvalue weighted by molar-refractivity contribution is 6.31. The third kappa shape index (κ3) is 3.23. The second-order valence-electron chi connectivity index (χ2n) is 8.64. The number of hydrogen-bond acceptors (Lipinski definition) is 4. The summed E-state index contributed by atoms with van der Waals surface area (Å²) >= 11 is 6.16. The highest BCUT2D eigenvalue weighted by Crippen LogP contribution is 2.45. The zero-order valence-corrected chi connectivity index (χ0v) is 19.5. The van der Waals surface area contributed by atoms with Gasteiger partial charge in [0.2, 0.25) is 0 Å². The molecule has 2 aliphatic rings. The maximum atomic E-state index is 13.8. The number of carbonyl (C=O) groups is 3. The van der Waals surface area contributed by atoms with Gasteiger partial charge in [-0.3, -0.25) is 9.69 Å². The Morgan fingerprint density at radius 2 is 1.80 bits per heavy atom. The Bertz CT molecular complexity index is 1510. The summed E-state index contributed by atoms with van der Waals surface area (Å²) in [5, 5.41) is 1.47. The van der Waals surface area contributed by atoms with Crippen molar-refractivity contribution in [2.45, 2.75) is 18.5 Å². The van der Waals surface area contributed by atoms with Crippen LogP contribution < -0.4 is 4.90 Å². The lowest BCUT2D eigenvalue weighted by atomic mass is 9.88. The van der Waals surface area contributed by atoms with Crippen LogP contribution in [0.5, 0.6) is 0 Å². The molecule has 1 saturated heterocycles. The highest BCUT2D eigenvalue weighted by atomic mass is 35.5. The molecular formula is C27H20ClN3O4. The van der Waals surface area contributed by atoms with Gasteiger partial charge < -0.3 is 9.72 Å². The van der Waals surface area contributed by atoms with E-state index in [1.807, 2.05) is 24.3 Å². The summed E-state index contributed by atoms with van der Waals surface area (Å²) < 4.78 is 4.82. The van der Waals surface area contributed by atoms with Crippen LogP contribution in [0, 0.1) is 0 Å². The summed E-state index contributed by atoms with van der Waals surface area (Å²) in [5.41, 5.74) is 4.45. The van der Waals surface area contributed by atoms with Crippen LogP contribution in [-0.2, 0) is 16.0 Å². The molecule has 0 saturated carbocycles. The number of amides is 3. The van der Waals surface area contributed by atoms with E-state index < -0.39 is 24.1 Å². The van der Waals surface area contributed by atoms with E-state index in [4.69, 9.17) is 16.3 Å². The SMILES string of the molecule is COC(=O)c1ccc([C@@H]2c3[nH]c4ccccc4c3C[C@H]3C(=O)N(c4cccc(Cl)c4)C(=O)N23)cc1. The molecule has 3 aromatic carbocycles. The predicted octanol–water partition coefficient (Wildman–Crippen LogP) is 5.09. The summed E-state index contributed by atoms with van der Waals surface area (Å²) in [6.07, 6.45) is 0.401. The standard InChI is InChI=1S/C27H20ClN3O4/c1-35-26(33)16-11-9-15(10-12-16)24-23-20(19-7-2-3-8-21(19)29-23)14-22-25(32)30(27(34)31(22)24)18-6-4-5-17(28)13-18/h2-13,22,24,29H,14H2,1H3/t22-,24+/m0/s1. The number of urea groups is 1. The molecule has 0 radical (unpaired) electrons. The Morgan fingerprint density at radius 1 is 1.03 bits per heavy atom. The molecule has 1 aromatic heterocycles. The summed E-state index contributed by atoms with van der Waals surface area (Å²) in [6, 6.07) is 20.0. The van der Waals surface area contributed by atoms with E-state index in [9.17, 15) is 14.4 Å². The van der Waals surface area contributed by atoms with Gasteiger partial charge in [-0.15, -0.1) is 0 Å². The third-order valence-electron chi connectivity index (χ3n) is 6.76. The van der Waals surface area contributed by atoms with Crippen molar-refractivity contribution < 1.29 is 19.1 Å². The van der Waals surface area contributed by atoms with Crippen LogP contribution in [0.2, 0.25) is 5.02 Å². The number of nitrogens with one attached hydrogen (secondary N) is 1. The van der Waals surface area contributed by atoms with Gasteiger partial charge in [-0.1, -0.05) is 48.0 Å². The number of benzene rings is 3. The molecule has 0 unspecified atom stereocenters. The smallest absolute Gasteiger partial charge is 0.337 e. The normalized spacial score (nSPS) is 19.1. The molecule has 1 N–H and O–H groups in total. The van der Waals surface area contributed by atoms with Crippen LogP contribution in [0.4, 0.5) is 10.5 Å². The van der Waals surface area contributed by atoms with Crippen molar-refractivity contribution in [1.82, 2.24) is 9.88 Å². The average molecular weight is 486 g/mol. The number of para-hydroxylation sites is 1. The first-order valence-corrected chi connectivity index (χ1v) is 11.6. The van der Waals surface area contributed by atoms with Crippen molar-refractivity contribution in [2.75, 3.05) is 12.0 Å². The molecule has 1 fully saturated rings. The summed E-state index contributed by atoms with van der Waals surface area (Å²) in [6.45, 7) is 0. The molecule has 6 rings (SSSR count).